The van der Waals surface area contributed by atoms with Gasteiger partial charge in [-0.15, -0.1) is 0 Å². The van der Waals surface area contributed by atoms with Gasteiger partial charge in [0.2, 0.25) is 0 Å². The molecule has 0 saturated heterocycles. The van der Waals surface area contributed by atoms with Gasteiger partial charge in [0, 0.05) is 21.2 Å². The number of halogens is 1. The van der Waals surface area contributed by atoms with Crippen molar-refractivity contribution >= 4 is 41.1 Å². The van der Waals surface area contributed by atoms with Crippen LogP contribution in [0.2, 0.25) is 5.02 Å². The van der Waals surface area contributed by atoms with Gasteiger partial charge in [-0.3, -0.25) is 4.79 Å². The second kappa shape index (κ2) is 10.8. The number of rotatable bonds is 8. The number of carboxylic acids is 1. The van der Waals surface area contributed by atoms with E-state index < -0.39 is 12.0 Å². The van der Waals surface area contributed by atoms with Crippen molar-refractivity contribution in [2.24, 2.45) is 0 Å². The highest BCUT2D eigenvalue weighted by molar-refractivity contribution is 8.00. The molecular weight excluding hydrogens is 456 g/mol. The van der Waals surface area contributed by atoms with Crippen LogP contribution in [0.4, 0.5) is 5.69 Å². The van der Waals surface area contributed by atoms with Crippen LogP contribution in [0.15, 0.2) is 59.5 Å². The summed E-state index contributed by atoms with van der Waals surface area (Å²) < 4.78 is 3.40. The standard InChI is InChI=1S/C26H27ClN2O3S/c1-5-23(26(31)32)28-25(30)21-10-9-19(11-15(21)2)18-7-6-8-20(14-18)29-33-24-13-16(3)22(27)12-17(24)4/h6-14,23,29H,5H2,1-4H3,(H,28,30)(H,31,32)/t23-/m0/s1. The Morgan fingerprint density at radius 1 is 0.970 bits per heavy atom. The van der Waals surface area contributed by atoms with E-state index in [4.69, 9.17) is 11.6 Å². The van der Waals surface area contributed by atoms with Gasteiger partial charge < -0.3 is 15.1 Å². The molecule has 1 amide bonds. The van der Waals surface area contributed by atoms with Crippen molar-refractivity contribution < 1.29 is 14.7 Å². The highest BCUT2D eigenvalue weighted by Gasteiger charge is 2.19. The van der Waals surface area contributed by atoms with Crippen molar-refractivity contribution in [3.63, 3.8) is 0 Å². The van der Waals surface area contributed by atoms with Crippen molar-refractivity contribution in [2.45, 2.75) is 45.1 Å². The van der Waals surface area contributed by atoms with Crippen LogP contribution in [0, 0.1) is 20.8 Å². The third-order valence-corrected chi connectivity index (χ3v) is 6.82. The molecule has 0 saturated carbocycles. The first-order chi connectivity index (χ1) is 15.7. The molecule has 3 rings (SSSR count). The predicted molar refractivity (Wildman–Crippen MR) is 136 cm³/mol. The van der Waals surface area contributed by atoms with Crippen LogP contribution < -0.4 is 10.0 Å². The lowest BCUT2D eigenvalue weighted by atomic mass is 9.99. The van der Waals surface area contributed by atoms with E-state index in [1.165, 1.54) is 11.9 Å². The summed E-state index contributed by atoms with van der Waals surface area (Å²) in [6.45, 7) is 7.60. The SMILES string of the molecule is CC[C@H](NC(=O)c1ccc(-c2cccc(NSc3cc(C)c(Cl)cc3C)c2)cc1C)C(=O)O. The topological polar surface area (TPSA) is 78.4 Å². The van der Waals surface area contributed by atoms with Gasteiger partial charge in [0.15, 0.2) is 0 Å². The van der Waals surface area contributed by atoms with E-state index in [1.807, 2.05) is 57.2 Å². The molecular formula is C26H27ClN2O3S. The average Bonchev–Trinajstić information content (AvgIpc) is 2.78. The molecule has 0 bridgehead atoms. The Morgan fingerprint density at radius 2 is 1.70 bits per heavy atom. The molecule has 0 fully saturated rings. The summed E-state index contributed by atoms with van der Waals surface area (Å²) in [6.07, 6.45) is 0.325. The Labute approximate surface area is 203 Å². The first kappa shape index (κ1) is 24.7. The van der Waals surface area contributed by atoms with Crippen LogP contribution in [-0.2, 0) is 4.79 Å². The van der Waals surface area contributed by atoms with Gasteiger partial charge >= 0.3 is 5.97 Å². The highest BCUT2D eigenvalue weighted by Crippen LogP contribution is 2.31. The number of hydrogen-bond donors (Lipinski definition) is 3. The first-order valence-electron chi connectivity index (χ1n) is 10.6. The molecule has 0 aliphatic rings. The number of aryl methyl sites for hydroxylation is 3. The largest absolute Gasteiger partial charge is 0.480 e. The number of amides is 1. The van der Waals surface area contributed by atoms with Crippen molar-refractivity contribution in [3.8, 4) is 11.1 Å². The van der Waals surface area contributed by atoms with Gasteiger partial charge in [-0.1, -0.05) is 42.8 Å². The van der Waals surface area contributed by atoms with Gasteiger partial charge in [-0.2, -0.15) is 0 Å². The number of anilines is 1. The smallest absolute Gasteiger partial charge is 0.326 e. The lowest BCUT2D eigenvalue weighted by Crippen LogP contribution is -2.40. The molecule has 0 aliphatic carbocycles. The number of nitrogens with one attached hydrogen (secondary N) is 2. The number of hydrogen-bond acceptors (Lipinski definition) is 4. The quantitative estimate of drug-likeness (QED) is 0.313. The fourth-order valence-electron chi connectivity index (χ4n) is 3.41. The molecule has 3 aromatic rings. The third kappa shape index (κ3) is 6.09. The Kier molecular flexibility index (Phi) is 8.06. The van der Waals surface area contributed by atoms with Crippen LogP contribution in [-0.4, -0.2) is 23.0 Å². The minimum absolute atomic E-state index is 0.325. The van der Waals surface area contributed by atoms with E-state index in [0.717, 1.165) is 43.4 Å². The van der Waals surface area contributed by atoms with Gasteiger partial charge in [0.05, 0.1) is 0 Å². The highest BCUT2D eigenvalue weighted by atomic mass is 35.5. The Hall–Kier alpha value is -2.96. The summed E-state index contributed by atoms with van der Waals surface area (Å²) in [6, 6.07) is 16.7. The molecule has 5 nitrogen and oxygen atoms in total. The van der Waals surface area contributed by atoms with E-state index in [1.54, 1.807) is 13.0 Å². The van der Waals surface area contributed by atoms with Gasteiger partial charge in [-0.25, -0.2) is 4.79 Å². The Morgan fingerprint density at radius 3 is 2.36 bits per heavy atom. The van der Waals surface area contributed by atoms with Crippen LogP contribution in [0.1, 0.15) is 40.4 Å². The predicted octanol–water partition coefficient (Wildman–Crippen LogP) is 6.64. The van der Waals surface area contributed by atoms with E-state index in [9.17, 15) is 14.7 Å². The first-order valence-corrected chi connectivity index (χ1v) is 11.8. The molecule has 3 aromatic carbocycles. The van der Waals surface area contributed by atoms with Crippen LogP contribution in [0.25, 0.3) is 11.1 Å². The maximum atomic E-state index is 12.5. The van der Waals surface area contributed by atoms with Crippen LogP contribution in [0.5, 0.6) is 0 Å². The zero-order valence-corrected chi connectivity index (χ0v) is 20.6. The normalized spacial score (nSPS) is 11.7. The monoisotopic (exact) mass is 482 g/mol. The third-order valence-electron chi connectivity index (χ3n) is 5.41. The fraction of sp³-hybridized carbons (Fsp3) is 0.231. The van der Waals surface area contributed by atoms with E-state index in [0.29, 0.717) is 12.0 Å². The molecule has 0 aliphatic heterocycles. The number of benzene rings is 3. The van der Waals surface area contributed by atoms with Gasteiger partial charge in [-0.05, 0) is 97.3 Å². The maximum Gasteiger partial charge on any atom is 0.326 e. The van der Waals surface area contributed by atoms with E-state index in [-0.39, 0.29) is 5.91 Å². The summed E-state index contributed by atoms with van der Waals surface area (Å²) in [5.74, 6) is -1.42. The molecule has 1 atom stereocenters. The number of carbonyl (C=O) groups excluding carboxylic acids is 1. The zero-order valence-electron chi connectivity index (χ0n) is 19.0. The molecule has 33 heavy (non-hydrogen) atoms. The summed E-state index contributed by atoms with van der Waals surface area (Å²) in [7, 11) is 0. The summed E-state index contributed by atoms with van der Waals surface area (Å²) in [5, 5.41) is 12.5. The molecule has 0 aromatic heterocycles. The maximum absolute atomic E-state index is 12.5. The van der Waals surface area contributed by atoms with E-state index >= 15 is 0 Å². The van der Waals surface area contributed by atoms with Crippen molar-refractivity contribution in [3.05, 3.63) is 81.9 Å². The zero-order chi connectivity index (χ0) is 24.1. The molecule has 172 valence electrons. The second-order valence-corrected chi connectivity index (χ2v) is 9.21. The van der Waals surface area contributed by atoms with Gasteiger partial charge in [0.25, 0.3) is 5.91 Å². The number of carboxylic acid groups (broad SMARTS) is 1. The minimum Gasteiger partial charge on any atom is -0.480 e. The number of carbonyl (C=O) groups is 2. The lowest BCUT2D eigenvalue weighted by Gasteiger charge is -2.14. The second-order valence-electron chi connectivity index (χ2n) is 7.95. The molecule has 0 heterocycles. The molecule has 0 unspecified atom stereocenters. The van der Waals surface area contributed by atoms with E-state index in [2.05, 4.69) is 22.2 Å². The summed E-state index contributed by atoms with van der Waals surface area (Å²) in [5.41, 5.74) is 6.34. The Bertz CT molecular complexity index is 1200. The van der Waals surface area contributed by atoms with Crippen molar-refractivity contribution in [2.75, 3.05) is 4.72 Å². The van der Waals surface area contributed by atoms with Gasteiger partial charge in [0.1, 0.15) is 6.04 Å². The number of aliphatic carboxylic acids is 1. The van der Waals surface area contributed by atoms with Crippen molar-refractivity contribution in [1.82, 2.24) is 5.32 Å². The van der Waals surface area contributed by atoms with Crippen LogP contribution in [0.3, 0.4) is 0 Å². The Balaban J connectivity index is 1.76. The molecule has 0 spiro atoms. The molecule has 0 radical (unpaired) electrons. The van der Waals surface area contributed by atoms with Crippen LogP contribution >= 0.6 is 23.5 Å². The minimum atomic E-state index is -1.04. The molecule has 3 N–H and O–H groups in total. The average molecular weight is 483 g/mol. The fourth-order valence-corrected chi connectivity index (χ4v) is 4.44. The summed E-state index contributed by atoms with van der Waals surface area (Å²) in [4.78, 5) is 24.9. The molecule has 7 heteroatoms. The van der Waals surface area contributed by atoms with Crippen molar-refractivity contribution in [1.29, 1.82) is 0 Å². The lowest BCUT2D eigenvalue weighted by molar-refractivity contribution is -0.139. The summed E-state index contributed by atoms with van der Waals surface area (Å²) >= 11 is 7.74.